The Bertz CT molecular complexity index is 1770. The Morgan fingerprint density at radius 1 is 0.288 bits per heavy atom. The first-order valence-electron chi connectivity index (χ1n) is 28.3. The normalized spacial score (nSPS) is 13.5. The molecule has 0 aliphatic carbocycles. The molecule has 404 valence electrons. The van der Waals surface area contributed by atoms with Crippen molar-refractivity contribution >= 4 is 17.9 Å². The molecule has 0 N–H and O–H groups in total. The van der Waals surface area contributed by atoms with Crippen molar-refractivity contribution in [2.75, 3.05) is 13.2 Å². The molecule has 0 rings (SSSR count). The highest BCUT2D eigenvalue weighted by Gasteiger charge is 2.19. The molecule has 0 aromatic carbocycles. The lowest BCUT2D eigenvalue weighted by molar-refractivity contribution is -0.167. The van der Waals surface area contributed by atoms with Crippen molar-refractivity contribution in [3.8, 4) is 0 Å². The van der Waals surface area contributed by atoms with E-state index in [0.29, 0.717) is 19.3 Å². The highest BCUT2D eigenvalue weighted by atomic mass is 16.6. The zero-order chi connectivity index (χ0) is 52.9. The van der Waals surface area contributed by atoms with E-state index in [1.165, 1.54) is 0 Å². The second-order valence-electron chi connectivity index (χ2n) is 17.7. The van der Waals surface area contributed by atoms with Crippen molar-refractivity contribution < 1.29 is 28.6 Å². The van der Waals surface area contributed by atoms with Gasteiger partial charge in [0.2, 0.25) is 0 Å². The van der Waals surface area contributed by atoms with Crippen LogP contribution in [0.25, 0.3) is 0 Å². The number of unbranched alkanes of at least 4 members (excludes halogenated alkanes) is 7. The molecule has 0 bridgehead atoms. The van der Waals surface area contributed by atoms with E-state index in [2.05, 4.69) is 203 Å². The summed E-state index contributed by atoms with van der Waals surface area (Å²) < 4.78 is 16.6. The minimum Gasteiger partial charge on any atom is -0.462 e. The van der Waals surface area contributed by atoms with E-state index in [1.807, 2.05) is 0 Å². The van der Waals surface area contributed by atoms with Gasteiger partial charge in [-0.1, -0.05) is 229 Å². The van der Waals surface area contributed by atoms with E-state index in [1.54, 1.807) is 0 Å². The Morgan fingerprint density at radius 2 is 0.548 bits per heavy atom. The van der Waals surface area contributed by atoms with E-state index in [4.69, 9.17) is 14.2 Å². The molecule has 0 saturated carbocycles. The number of esters is 3. The summed E-state index contributed by atoms with van der Waals surface area (Å²) in [5.41, 5.74) is 0. The predicted molar refractivity (Wildman–Crippen MR) is 315 cm³/mol. The van der Waals surface area contributed by atoms with Gasteiger partial charge >= 0.3 is 17.9 Å². The smallest absolute Gasteiger partial charge is 0.306 e. The van der Waals surface area contributed by atoms with E-state index in [0.717, 1.165) is 148 Å². The Kier molecular flexibility index (Phi) is 54.6. The summed E-state index contributed by atoms with van der Waals surface area (Å²) in [5, 5.41) is 0. The van der Waals surface area contributed by atoms with Crippen LogP contribution in [0.5, 0.6) is 0 Å². The maximum absolute atomic E-state index is 12.7. The molecule has 0 aliphatic rings. The topological polar surface area (TPSA) is 78.9 Å². The fraction of sp³-hybridized carbons (Fsp3) is 0.507. The molecule has 0 amide bonds. The summed E-state index contributed by atoms with van der Waals surface area (Å²) in [6.07, 6.45) is 89.4. The van der Waals surface area contributed by atoms with Gasteiger partial charge in [-0.3, -0.25) is 14.4 Å². The van der Waals surface area contributed by atoms with Crippen LogP contribution in [0, 0.1) is 0 Å². The fourth-order valence-electron chi connectivity index (χ4n) is 6.74. The van der Waals surface area contributed by atoms with Gasteiger partial charge in [-0.05, 0) is 135 Å². The van der Waals surface area contributed by atoms with Crippen LogP contribution in [0.2, 0.25) is 0 Å². The summed E-state index contributed by atoms with van der Waals surface area (Å²) in [7, 11) is 0. The van der Waals surface area contributed by atoms with Crippen LogP contribution in [-0.2, 0) is 28.6 Å². The minimum absolute atomic E-state index is 0.124. The summed E-state index contributed by atoms with van der Waals surface area (Å²) in [6, 6.07) is 0. The van der Waals surface area contributed by atoms with Crippen LogP contribution in [0.1, 0.15) is 201 Å². The van der Waals surface area contributed by atoms with Crippen LogP contribution in [0.3, 0.4) is 0 Å². The molecule has 6 nitrogen and oxygen atoms in total. The van der Waals surface area contributed by atoms with Crippen molar-refractivity contribution in [3.05, 3.63) is 182 Å². The maximum Gasteiger partial charge on any atom is 0.306 e. The molecule has 0 aromatic rings. The zero-order valence-electron chi connectivity index (χ0n) is 46.1. The van der Waals surface area contributed by atoms with Gasteiger partial charge in [-0.15, -0.1) is 0 Å². The van der Waals surface area contributed by atoms with Gasteiger partial charge in [0.25, 0.3) is 0 Å². The second kappa shape index (κ2) is 59.1. The average molecular weight is 1000 g/mol. The first-order valence-corrected chi connectivity index (χ1v) is 28.3. The van der Waals surface area contributed by atoms with Crippen LogP contribution in [0.15, 0.2) is 182 Å². The standard InChI is InChI=1S/C67H100O6/c1-4-7-10-13-15-17-19-21-23-25-26-27-28-29-30-31-32-33-34-35-36-37-38-39-40-42-43-45-47-49-51-54-57-60-66(69)72-63-64(62-71-65(68)59-56-53-12-9-6-3)73-67(70)61-58-55-52-50-48-46-44-41-24-22-20-18-16-14-11-8-5-2/h7-8,10-11,15-18,21-24,26-27,29-30,32-33,35-36,38-39,42-44,46-47,49-50,52,64H,4-6,9,12-14,19-20,25,28,31,34,37,40-41,45,48,51,53-63H2,1-3H3/b10-7-,11-8-,17-15-,18-16-,23-21-,24-22-,27-26-,30-29-,33-32-,36-35-,39-38-,43-42-,46-44-,49-47-,52-50-. The lowest BCUT2D eigenvalue weighted by Crippen LogP contribution is -2.30. The first-order chi connectivity index (χ1) is 36.0. The third-order valence-electron chi connectivity index (χ3n) is 10.9. The van der Waals surface area contributed by atoms with Crippen LogP contribution in [-0.4, -0.2) is 37.2 Å². The second-order valence-corrected chi connectivity index (χ2v) is 17.7. The molecule has 0 saturated heterocycles. The highest BCUT2D eigenvalue weighted by molar-refractivity contribution is 5.71. The zero-order valence-corrected chi connectivity index (χ0v) is 46.1. The van der Waals surface area contributed by atoms with Gasteiger partial charge < -0.3 is 14.2 Å². The van der Waals surface area contributed by atoms with Crippen molar-refractivity contribution in [1.82, 2.24) is 0 Å². The van der Waals surface area contributed by atoms with Gasteiger partial charge in [-0.2, -0.15) is 0 Å². The Balaban J connectivity index is 4.28. The largest absolute Gasteiger partial charge is 0.462 e. The molecular formula is C67H100O6. The third-order valence-corrected chi connectivity index (χ3v) is 10.9. The van der Waals surface area contributed by atoms with Crippen LogP contribution < -0.4 is 0 Å². The van der Waals surface area contributed by atoms with Gasteiger partial charge in [0.05, 0.1) is 0 Å². The molecular weight excluding hydrogens is 901 g/mol. The molecule has 0 spiro atoms. The average Bonchev–Trinajstić information content (AvgIpc) is 3.39. The molecule has 0 radical (unpaired) electrons. The van der Waals surface area contributed by atoms with Crippen LogP contribution in [0.4, 0.5) is 0 Å². The van der Waals surface area contributed by atoms with Gasteiger partial charge in [-0.25, -0.2) is 0 Å². The third kappa shape index (κ3) is 57.3. The van der Waals surface area contributed by atoms with Crippen molar-refractivity contribution in [2.24, 2.45) is 0 Å². The molecule has 1 atom stereocenters. The fourth-order valence-corrected chi connectivity index (χ4v) is 6.74. The molecule has 0 aliphatic heterocycles. The molecule has 0 aromatic heterocycles. The molecule has 73 heavy (non-hydrogen) atoms. The molecule has 6 heteroatoms. The molecule has 0 fully saturated rings. The number of rotatable bonds is 48. The lowest BCUT2D eigenvalue weighted by Gasteiger charge is -2.18. The minimum atomic E-state index is -0.831. The Morgan fingerprint density at radius 3 is 0.863 bits per heavy atom. The Hall–Kier alpha value is -5.49. The Labute approximate surface area is 446 Å². The predicted octanol–water partition coefficient (Wildman–Crippen LogP) is 19.3. The van der Waals surface area contributed by atoms with E-state index in [9.17, 15) is 14.4 Å². The number of carbonyl (C=O) groups is 3. The van der Waals surface area contributed by atoms with Crippen LogP contribution >= 0.6 is 0 Å². The number of hydrogen-bond donors (Lipinski definition) is 0. The number of carbonyl (C=O) groups excluding carboxylic acids is 3. The van der Waals surface area contributed by atoms with Crippen molar-refractivity contribution in [2.45, 2.75) is 207 Å². The first kappa shape index (κ1) is 67.5. The van der Waals surface area contributed by atoms with Gasteiger partial charge in [0, 0.05) is 19.3 Å². The SMILES string of the molecule is CC/C=C\C/C=C\C/C=C\C/C=C\C/C=C\C/C=C\C/C=C\C/C=C\C/C=C\C/C=C\CCCCC(=O)OCC(COC(=O)CCCCCCC)OC(=O)CCC/C=C\C/C=C\C/C=C\C/C=C\C/C=C\CC. The van der Waals surface area contributed by atoms with E-state index < -0.39 is 12.1 Å². The summed E-state index contributed by atoms with van der Waals surface area (Å²) in [6.45, 7) is 6.20. The maximum atomic E-state index is 12.7. The number of hydrogen-bond acceptors (Lipinski definition) is 6. The number of ether oxygens (including phenoxy) is 3. The number of allylic oxidation sites excluding steroid dienone is 30. The van der Waals surface area contributed by atoms with Gasteiger partial charge in [0.15, 0.2) is 6.10 Å². The van der Waals surface area contributed by atoms with Gasteiger partial charge in [0.1, 0.15) is 13.2 Å². The monoisotopic (exact) mass is 1000 g/mol. The highest BCUT2D eigenvalue weighted by Crippen LogP contribution is 2.10. The van der Waals surface area contributed by atoms with Crippen molar-refractivity contribution in [1.29, 1.82) is 0 Å². The summed E-state index contributed by atoms with van der Waals surface area (Å²) in [4.78, 5) is 37.7. The van der Waals surface area contributed by atoms with E-state index in [-0.39, 0.29) is 38.0 Å². The molecule has 0 heterocycles. The summed E-state index contributed by atoms with van der Waals surface area (Å²) in [5.74, 6) is -1.06. The lowest BCUT2D eigenvalue weighted by atomic mass is 10.1. The van der Waals surface area contributed by atoms with Crippen molar-refractivity contribution in [3.63, 3.8) is 0 Å². The molecule has 1 unspecified atom stereocenters. The quantitative estimate of drug-likeness (QED) is 0.0262. The van der Waals surface area contributed by atoms with E-state index >= 15 is 0 Å². The summed E-state index contributed by atoms with van der Waals surface area (Å²) >= 11 is 0.